The second-order valence-corrected chi connectivity index (χ2v) is 13.7. The van der Waals surface area contributed by atoms with Gasteiger partial charge in [-0.2, -0.15) is 0 Å². The molecule has 0 unspecified atom stereocenters. The summed E-state index contributed by atoms with van der Waals surface area (Å²) in [6, 6.07) is 0. The Morgan fingerprint density at radius 2 is 0.562 bits per heavy atom. The summed E-state index contributed by atoms with van der Waals surface area (Å²) in [5, 5.41) is 34.0. The van der Waals surface area contributed by atoms with Gasteiger partial charge in [0.05, 0.1) is 177 Å². The van der Waals surface area contributed by atoms with Crippen LogP contribution in [0, 0.1) is 5.92 Å². The lowest BCUT2D eigenvalue weighted by molar-refractivity contribution is -0.139. The Labute approximate surface area is 373 Å². The van der Waals surface area contributed by atoms with E-state index in [4.69, 9.17) is 72.2 Å². The maximum atomic E-state index is 12.4. The standard InChI is InChI=1S/C40H71N3O21/c44-33(41-7-16-56-22-28-59-25-19-53-11-4-36(47)48)1-10-62-31-32-39(63-14-2-34(45)42-8-17-57-23-29-60-26-20-54-12-5-37(49)50)40(32)64-15-3-35(46)43-9-18-58-24-30-61-27-21-55-13-6-38(51)52/h32,39-40H,1-31H2,(H,41,44)(H,42,45)(H,43,46)(H,47,48)(H,49,50)(H,51,52)/t39-,40-/m0/s1. The van der Waals surface area contributed by atoms with Gasteiger partial charge >= 0.3 is 17.9 Å². The first-order valence-electron chi connectivity index (χ1n) is 21.6. The van der Waals surface area contributed by atoms with Crippen molar-refractivity contribution in [2.75, 3.05) is 165 Å². The average Bonchev–Trinajstić information content (AvgIpc) is 3.92. The van der Waals surface area contributed by atoms with Gasteiger partial charge in [-0.05, 0) is 0 Å². The van der Waals surface area contributed by atoms with Gasteiger partial charge in [0.1, 0.15) is 0 Å². The highest BCUT2D eigenvalue weighted by Crippen LogP contribution is 2.38. The summed E-state index contributed by atoms with van der Waals surface area (Å²) < 4.78 is 65.3. The van der Waals surface area contributed by atoms with Crippen LogP contribution in [0.5, 0.6) is 0 Å². The van der Waals surface area contributed by atoms with Crippen molar-refractivity contribution in [3.63, 3.8) is 0 Å². The fourth-order valence-corrected chi connectivity index (χ4v) is 5.06. The molecule has 1 rings (SSSR count). The molecular weight excluding hydrogens is 858 g/mol. The van der Waals surface area contributed by atoms with Gasteiger partial charge in [0.25, 0.3) is 0 Å². The monoisotopic (exact) mass is 929 g/mol. The number of ether oxygens (including phenoxy) is 12. The van der Waals surface area contributed by atoms with Gasteiger partial charge in [-0.1, -0.05) is 0 Å². The molecule has 24 nitrogen and oxygen atoms in total. The van der Waals surface area contributed by atoms with E-state index in [1.165, 1.54) is 0 Å². The lowest BCUT2D eigenvalue weighted by atomic mass is 10.4. The minimum atomic E-state index is -0.923. The zero-order valence-corrected chi connectivity index (χ0v) is 36.8. The third-order valence-corrected chi connectivity index (χ3v) is 8.41. The second-order valence-electron chi connectivity index (χ2n) is 13.7. The first-order chi connectivity index (χ1) is 31.1. The number of rotatable bonds is 49. The average molecular weight is 930 g/mol. The molecule has 0 aromatic heterocycles. The molecule has 0 radical (unpaired) electrons. The predicted molar refractivity (Wildman–Crippen MR) is 221 cm³/mol. The molecule has 0 spiro atoms. The highest BCUT2D eigenvalue weighted by molar-refractivity contribution is 5.76. The van der Waals surface area contributed by atoms with Crippen LogP contribution in [0.3, 0.4) is 0 Å². The van der Waals surface area contributed by atoms with Crippen molar-refractivity contribution in [1.29, 1.82) is 0 Å². The van der Waals surface area contributed by atoms with E-state index in [2.05, 4.69) is 16.0 Å². The summed E-state index contributed by atoms with van der Waals surface area (Å²) in [5.41, 5.74) is 0. The molecular formula is C40H71N3O21. The van der Waals surface area contributed by atoms with E-state index in [9.17, 15) is 28.8 Å². The molecule has 1 aliphatic carbocycles. The third kappa shape index (κ3) is 38.8. The minimum absolute atomic E-state index is 0.0593. The normalized spacial score (nSPS) is 15.5. The van der Waals surface area contributed by atoms with Gasteiger partial charge in [-0.15, -0.1) is 0 Å². The van der Waals surface area contributed by atoms with Gasteiger partial charge in [0.15, 0.2) is 0 Å². The highest BCUT2D eigenvalue weighted by Gasteiger charge is 2.52. The first kappa shape index (κ1) is 58.4. The number of carbonyl (C=O) groups is 6. The highest BCUT2D eigenvalue weighted by atomic mass is 16.6. The van der Waals surface area contributed by atoms with E-state index in [1.54, 1.807) is 0 Å². The van der Waals surface area contributed by atoms with E-state index in [0.29, 0.717) is 85.7 Å². The summed E-state index contributed by atoms with van der Waals surface area (Å²) >= 11 is 0. The summed E-state index contributed by atoms with van der Waals surface area (Å²) in [7, 11) is 0. The van der Waals surface area contributed by atoms with Crippen molar-refractivity contribution in [3.05, 3.63) is 0 Å². The van der Waals surface area contributed by atoms with Crippen LogP contribution < -0.4 is 16.0 Å². The van der Waals surface area contributed by atoms with Crippen molar-refractivity contribution in [2.45, 2.75) is 50.7 Å². The molecule has 1 saturated carbocycles. The number of hydrogen-bond donors (Lipinski definition) is 6. The Kier molecular flexibility index (Phi) is 38.3. The zero-order valence-electron chi connectivity index (χ0n) is 36.8. The minimum Gasteiger partial charge on any atom is -0.481 e. The Morgan fingerprint density at radius 1 is 0.312 bits per heavy atom. The van der Waals surface area contributed by atoms with Crippen LogP contribution in [0.1, 0.15) is 38.5 Å². The van der Waals surface area contributed by atoms with E-state index in [1.807, 2.05) is 0 Å². The third-order valence-electron chi connectivity index (χ3n) is 8.41. The number of nitrogens with one attached hydrogen (secondary N) is 3. The molecule has 0 aromatic rings. The van der Waals surface area contributed by atoms with Crippen LogP contribution in [0.4, 0.5) is 0 Å². The molecule has 0 aromatic carbocycles. The second kappa shape index (κ2) is 42.0. The van der Waals surface area contributed by atoms with Crippen molar-refractivity contribution in [1.82, 2.24) is 16.0 Å². The molecule has 64 heavy (non-hydrogen) atoms. The number of carboxylic acids is 3. The van der Waals surface area contributed by atoms with Gasteiger partial charge in [0.2, 0.25) is 17.7 Å². The van der Waals surface area contributed by atoms with Crippen LogP contribution in [0.2, 0.25) is 0 Å². The van der Waals surface area contributed by atoms with Crippen LogP contribution in [0.15, 0.2) is 0 Å². The van der Waals surface area contributed by atoms with Crippen molar-refractivity contribution < 1.29 is 101 Å². The smallest absolute Gasteiger partial charge is 0.305 e. The van der Waals surface area contributed by atoms with Gasteiger partial charge in [0, 0.05) is 44.8 Å². The SMILES string of the molecule is O=C(O)CCOCCOCCOCCNC(=O)CCOCC1[C@H](OCCC(=O)NCCOCCOCCOCCC(=O)O)[C@H]1OCCC(=O)NCCOCCOCCOCCC(=O)O. The van der Waals surface area contributed by atoms with Gasteiger partial charge in [-0.25, -0.2) is 0 Å². The maximum absolute atomic E-state index is 12.4. The summed E-state index contributed by atoms with van der Waals surface area (Å²) in [4.78, 5) is 68.3. The molecule has 6 N–H and O–H groups in total. The van der Waals surface area contributed by atoms with Crippen LogP contribution in [-0.2, 0) is 85.6 Å². The first-order valence-corrected chi connectivity index (χ1v) is 21.6. The number of carboxylic acid groups (broad SMARTS) is 3. The Balaban J connectivity index is 2.26. The largest absolute Gasteiger partial charge is 0.481 e. The quantitative estimate of drug-likeness (QED) is 0.0378. The van der Waals surface area contributed by atoms with Gasteiger partial charge in [-0.3, -0.25) is 28.8 Å². The number of carbonyl (C=O) groups excluding carboxylic acids is 3. The predicted octanol–water partition coefficient (Wildman–Crippen LogP) is -1.50. The molecule has 0 bridgehead atoms. The van der Waals surface area contributed by atoms with Crippen LogP contribution in [0.25, 0.3) is 0 Å². The van der Waals surface area contributed by atoms with Crippen molar-refractivity contribution >= 4 is 35.6 Å². The molecule has 24 heteroatoms. The molecule has 0 heterocycles. The fourth-order valence-electron chi connectivity index (χ4n) is 5.06. The molecule has 0 aliphatic heterocycles. The molecule has 3 amide bonds. The summed E-state index contributed by atoms with van der Waals surface area (Å²) in [6.07, 6.45) is -0.592. The summed E-state index contributed by atoms with van der Waals surface area (Å²) in [6.45, 7) is 6.57. The number of aliphatic carboxylic acids is 3. The summed E-state index contributed by atoms with van der Waals surface area (Å²) in [5.74, 6) is -3.59. The van der Waals surface area contributed by atoms with Gasteiger partial charge < -0.3 is 88.1 Å². The van der Waals surface area contributed by atoms with Crippen molar-refractivity contribution in [2.24, 2.45) is 5.92 Å². The maximum Gasteiger partial charge on any atom is 0.305 e. The van der Waals surface area contributed by atoms with Crippen LogP contribution in [-0.4, -0.2) is 228 Å². The van der Waals surface area contributed by atoms with Crippen LogP contribution >= 0.6 is 0 Å². The van der Waals surface area contributed by atoms with E-state index < -0.39 is 17.9 Å². The van der Waals surface area contributed by atoms with Crippen molar-refractivity contribution in [3.8, 4) is 0 Å². The Bertz CT molecular complexity index is 1170. The molecule has 372 valence electrons. The molecule has 2 atom stereocenters. The lowest BCUT2D eigenvalue weighted by Crippen LogP contribution is -2.29. The fraction of sp³-hybridized carbons (Fsp3) is 0.850. The zero-order chi connectivity index (χ0) is 46.7. The number of hydrogen-bond acceptors (Lipinski definition) is 18. The lowest BCUT2D eigenvalue weighted by Gasteiger charge is -2.09. The molecule has 0 saturated heterocycles. The van der Waals surface area contributed by atoms with E-state index in [-0.39, 0.29) is 154 Å². The molecule has 1 fully saturated rings. The molecule has 1 aliphatic rings. The van der Waals surface area contributed by atoms with E-state index in [0.717, 1.165) is 0 Å². The number of amides is 3. The Hall–Kier alpha value is -3.66. The van der Waals surface area contributed by atoms with E-state index >= 15 is 0 Å². The topological polar surface area (TPSA) is 310 Å². The Morgan fingerprint density at radius 3 is 0.859 bits per heavy atom.